The van der Waals surface area contributed by atoms with E-state index in [1.807, 2.05) is 20.8 Å². The van der Waals surface area contributed by atoms with Crippen LogP contribution in [-0.4, -0.2) is 24.0 Å². The fourth-order valence-electron chi connectivity index (χ4n) is 2.11. The maximum absolute atomic E-state index is 11.7. The van der Waals surface area contributed by atoms with Crippen LogP contribution in [0.3, 0.4) is 0 Å². The largest absolute Gasteiger partial charge is 0.353 e. The monoisotopic (exact) mass is 212 g/mol. The molecule has 15 heavy (non-hydrogen) atoms. The Labute approximate surface area is 93.0 Å². The van der Waals surface area contributed by atoms with Gasteiger partial charge in [0.15, 0.2) is 0 Å². The molecular weight excluding hydrogens is 188 g/mol. The Morgan fingerprint density at radius 1 is 1.13 bits per heavy atom. The molecule has 0 heterocycles. The third-order valence-corrected chi connectivity index (χ3v) is 2.92. The van der Waals surface area contributed by atoms with Crippen LogP contribution in [0.5, 0.6) is 0 Å². The van der Waals surface area contributed by atoms with Crippen LogP contribution in [0.4, 0.5) is 0 Å². The van der Waals surface area contributed by atoms with Crippen molar-refractivity contribution in [1.29, 1.82) is 0 Å². The van der Waals surface area contributed by atoms with Crippen molar-refractivity contribution in [2.24, 2.45) is 0 Å². The van der Waals surface area contributed by atoms with Crippen molar-refractivity contribution in [2.45, 2.75) is 71.0 Å². The zero-order chi connectivity index (χ0) is 11.3. The number of amides is 1. The third kappa shape index (κ3) is 4.65. The van der Waals surface area contributed by atoms with Crippen LogP contribution in [-0.2, 0) is 4.79 Å². The molecule has 0 spiro atoms. The van der Waals surface area contributed by atoms with Crippen LogP contribution in [0.1, 0.15) is 52.9 Å². The molecule has 0 aromatic heterocycles. The van der Waals surface area contributed by atoms with E-state index in [1.54, 1.807) is 0 Å². The fraction of sp³-hybridized carbons (Fsp3) is 0.917. The van der Waals surface area contributed by atoms with Gasteiger partial charge in [-0.05, 0) is 33.6 Å². The summed E-state index contributed by atoms with van der Waals surface area (Å²) in [7, 11) is 0. The number of rotatable bonds is 4. The molecule has 0 radical (unpaired) electrons. The summed E-state index contributed by atoms with van der Waals surface area (Å²) < 4.78 is 0. The van der Waals surface area contributed by atoms with E-state index in [4.69, 9.17) is 0 Å². The fourth-order valence-corrected chi connectivity index (χ4v) is 2.11. The Balaban J connectivity index is 2.26. The van der Waals surface area contributed by atoms with Crippen LogP contribution >= 0.6 is 0 Å². The summed E-state index contributed by atoms with van der Waals surface area (Å²) in [5.41, 5.74) is 0. The van der Waals surface area contributed by atoms with Gasteiger partial charge in [0.05, 0.1) is 6.04 Å². The van der Waals surface area contributed by atoms with Crippen molar-refractivity contribution in [3.05, 3.63) is 0 Å². The van der Waals surface area contributed by atoms with Gasteiger partial charge in [-0.3, -0.25) is 4.79 Å². The lowest BCUT2D eigenvalue weighted by Gasteiger charge is -2.26. The first-order valence-corrected chi connectivity index (χ1v) is 6.16. The Hall–Kier alpha value is -0.570. The number of hydrogen-bond acceptors (Lipinski definition) is 2. The van der Waals surface area contributed by atoms with Crippen molar-refractivity contribution in [3.63, 3.8) is 0 Å². The first-order chi connectivity index (χ1) is 7.09. The summed E-state index contributed by atoms with van der Waals surface area (Å²) in [6, 6.07) is 0.718. The molecule has 0 aliphatic heterocycles. The van der Waals surface area contributed by atoms with Crippen LogP contribution in [0.25, 0.3) is 0 Å². The Kier molecular flexibility index (Phi) is 5.09. The average Bonchev–Trinajstić information content (AvgIpc) is 2.18. The molecule has 3 heteroatoms. The molecule has 1 atom stereocenters. The molecule has 2 N–H and O–H groups in total. The minimum atomic E-state index is -0.0597. The summed E-state index contributed by atoms with van der Waals surface area (Å²) in [6.45, 7) is 5.93. The highest BCUT2D eigenvalue weighted by molar-refractivity contribution is 5.81. The molecular formula is C12H24N2O. The molecule has 1 amide bonds. The molecule has 1 aliphatic carbocycles. The standard InChI is InChI=1S/C12H24N2O/c1-9(2)13-12(15)10(3)14-11-7-5-4-6-8-11/h9-11,14H,4-8H2,1-3H3,(H,13,15). The number of carbonyl (C=O) groups is 1. The Bertz CT molecular complexity index is 198. The van der Waals surface area contributed by atoms with Gasteiger partial charge in [-0.25, -0.2) is 0 Å². The minimum Gasteiger partial charge on any atom is -0.353 e. The van der Waals surface area contributed by atoms with Gasteiger partial charge in [0.1, 0.15) is 0 Å². The smallest absolute Gasteiger partial charge is 0.237 e. The van der Waals surface area contributed by atoms with Crippen LogP contribution in [0, 0.1) is 0 Å². The number of carbonyl (C=O) groups excluding carboxylic acids is 1. The van der Waals surface area contributed by atoms with E-state index in [0.717, 1.165) is 0 Å². The van der Waals surface area contributed by atoms with Crippen molar-refractivity contribution < 1.29 is 4.79 Å². The van der Waals surface area contributed by atoms with E-state index in [9.17, 15) is 4.79 Å². The van der Waals surface area contributed by atoms with Crippen LogP contribution < -0.4 is 10.6 Å². The predicted octanol–water partition coefficient (Wildman–Crippen LogP) is 1.82. The van der Waals surface area contributed by atoms with Crippen molar-refractivity contribution in [1.82, 2.24) is 10.6 Å². The second kappa shape index (κ2) is 6.11. The molecule has 1 saturated carbocycles. The molecule has 1 aliphatic rings. The van der Waals surface area contributed by atoms with Crippen molar-refractivity contribution >= 4 is 5.91 Å². The van der Waals surface area contributed by atoms with Gasteiger partial charge in [0.2, 0.25) is 5.91 Å². The number of hydrogen-bond donors (Lipinski definition) is 2. The van der Waals surface area contributed by atoms with E-state index in [2.05, 4.69) is 10.6 Å². The molecule has 1 rings (SSSR count). The molecule has 1 unspecified atom stereocenters. The Morgan fingerprint density at radius 2 is 1.73 bits per heavy atom. The van der Waals surface area contributed by atoms with E-state index < -0.39 is 0 Å². The lowest BCUT2D eigenvalue weighted by molar-refractivity contribution is -0.123. The van der Waals surface area contributed by atoms with Gasteiger partial charge in [0.25, 0.3) is 0 Å². The van der Waals surface area contributed by atoms with Gasteiger partial charge in [0, 0.05) is 12.1 Å². The molecule has 88 valence electrons. The molecule has 0 saturated heterocycles. The summed E-state index contributed by atoms with van der Waals surface area (Å²) in [6.07, 6.45) is 6.40. The van der Waals surface area contributed by atoms with E-state index >= 15 is 0 Å². The van der Waals surface area contributed by atoms with Crippen LogP contribution in [0.2, 0.25) is 0 Å². The van der Waals surface area contributed by atoms with Gasteiger partial charge in [-0.1, -0.05) is 19.3 Å². The molecule has 3 nitrogen and oxygen atoms in total. The molecule has 0 aromatic carbocycles. The van der Waals surface area contributed by atoms with Gasteiger partial charge >= 0.3 is 0 Å². The number of nitrogens with one attached hydrogen (secondary N) is 2. The maximum atomic E-state index is 11.7. The SMILES string of the molecule is CC(C)NC(=O)C(C)NC1CCCCC1. The molecule has 0 aromatic rings. The normalized spacial score (nSPS) is 20.3. The van der Waals surface area contributed by atoms with E-state index in [0.29, 0.717) is 6.04 Å². The Morgan fingerprint density at radius 3 is 2.27 bits per heavy atom. The molecule has 0 bridgehead atoms. The highest BCUT2D eigenvalue weighted by Crippen LogP contribution is 2.17. The summed E-state index contributed by atoms with van der Waals surface area (Å²) >= 11 is 0. The third-order valence-electron chi connectivity index (χ3n) is 2.92. The summed E-state index contributed by atoms with van der Waals surface area (Å²) in [5.74, 6) is 0.121. The highest BCUT2D eigenvalue weighted by atomic mass is 16.2. The average molecular weight is 212 g/mol. The van der Waals surface area contributed by atoms with Crippen LogP contribution in [0.15, 0.2) is 0 Å². The zero-order valence-corrected chi connectivity index (χ0v) is 10.2. The highest BCUT2D eigenvalue weighted by Gasteiger charge is 2.19. The molecule has 1 fully saturated rings. The maximum Gasteiger partial charge on any atom is 0.237 e. The lowest BCUT2D eigenvalue weighted by Crippen LogP contribution is -2.48. The summed E-state index contributed by atoms with van der Waals surface area (Å²) in [4.78, 5) is 11.7. The second-order valence-corrected chi connectivity index (χ2v) is 4.89. The van der Waals surface area contributed by atoms with E-state index in [1.165, 1.54) is 32.1 Å². The van der Waals surface area contributed by atoms with Gasteiger partial charge in [-0.15, -0.1) is 0 Å². The first kappa shape index (κ1) is 12.5. The quantitative estimate of drug-likeness (QED) is 0.746. The first-order valence-electron chi connectivity index (χ1n) is 6.16. The van der Waals surface area contributed by atoms with Crippen molar-refractivity contribution in [3.8, 4) is 0 Å². The van der Waals surface area contributed by atoms with Crippen molar-refractivity contribution in [2.75, 3.05) is 0 Å². The lowest BCUT2D eigenvalue weighted by atomic mass is 9.95. The minimum absolute atomic E-state index is 0.0597. The predicted molar refractivity (Wildman–Crippen MR) is 62.7 cm³/mol. The second-order valence-electron chi connectivity index (χ2n) is 4.89. The van der Waals surface area contributed by atoms with E-state index in [-0.39, 0.29) is 18.0 Å². The summed E-state index contributed by atoms with van der Waals surface area (Å²) in [5, 5.41) is 6.34. The zero-order valence-electron chi connectivity index (χ0n) is 10.2. The van der Waals surface area contributed by atoms with Gasteiger partial charge in [-0.2, -0.15) is 0 Å². The van der Waals surface area contributed by atoms with Gasteiger partial charge < -0.3 is 10.6 Å². The topological polar surface area (TPSA) is 41.1 Å².